The van der Waals surface area contributed by atoms with Gasteiger partial charge in [-0.3, -0.25) is 0 Å². The molecule has 1 nitrogen and oxygen atoms in total. The zero-order chi connectivity index (χ0) is 12.9. The lowest BCUT2D eigenvalue weighted by Crippen LogP contribution is -2.21. The minimum absolute atomic E-state index is 0.0445. The van der Waals surface area contributed by atoms with E-state index in [1.54, 1.807) is 6.07 Å². The number of halogens is 4. The van der Waals surface area contributed by atoms with E-state index in [-0.39, 0.29) is 12.5 Å². The van der Waals surface area contributed by atoms with Crippen LogP contribution in [-0.4, -0.2) is 12.7 Å². The van der Waals surface area contributed by atoms with Crippen molar-refractivity contribution in [3.63, 3.8) is 0 Å². The van der Waals surface area contributed by atoms with E-state index in [1.807, 2.05) is 25.1 Å². The maximum Gasteiger partial charge on any atom is 0.389 e. The van der Waals surface area contributed by atoms with Crippen molar-refractivity contribution >= 4 is 11.6 Å². The maximum absolute atomic E-state index is 11.9. The number of benzene rings is 1. The number of hydrogen-bond acceptors (Lipinski definition) is 1. The predicted octanol–water partition coefficient (Wildman–Crippen LogP) is 4.33. The topological polar surface area (TPSA) is 12.0 Å². The molecule has 0 saturated carbocycles. The standard InChI is InChI=1S/C12H15ClF3N/c1-9(10-5-2-3-6-11(10)13)17-8-4-7-12(14,15)16/h2-3,5-6,9,17H,4,7-8H2,1H3. The Hall–Kier alpha value is -0.740. The molecule has 0 heterocycles. The Morgan fingerprint density at radius 1 is 1.29 bits per heavy atom. The summed E-state index contributed by atoms with van der Waals surface area (Å²) in [5, 5.41) is 3.66. The Morgan fingerprint density at radius 3 is 2.53 bits per heavy atom. The third kappa shape index (κ3) is 5.41. The quantitative estimate of drug-likeness (QED) is 0.781. The predicted molar refractivity (Wildman–Crippen MR) is 63.2 cm³/mol. The van der Waals surface area contributed by atoms with E-state index in [4.69, 9.17) is 11.6 Å². The van der Waals surface area contributed by atoms with Crippen LogP contribution in [-0.2, 0) is 0 Å². The van der Waals surface area contributed by atoms with Gasteiger partial charge >= 0.3 is 6.18 Å². The van der Waals surface area contributed by atoms with Crippen molar-refractivity contribution in [2.45, 2.75) is 32.0 Å². The summed E-state index contributed by atoms with van der Waals surface area (Å²) >= 11 is 5.98. The average molecular weight is 266 g/mol. The second kappa shape index (κ2) is 6.26. The van der Waals surface area contributed by atoms with Gasteiger partial charge in [-0.25, -0.2) is 0 Å². The molecule has 1 unspecified atom stereocenters. The van der Waals surface area contributed by atoms with Crippen LogP contribution in [0.25, 0.3) is 0 Å². The Kier molecular flexibility index (Phi) is 5.28. The van der Waals surface area contributed by atoms with Crippen molar-refractivity contribution in [3.8, 4) is 0 Å². The number of hydrogen-bond donors (Lipinski definition) is 1. The van der Waals surface area contributed by atoms with Crippen molar-refractivity contribution in [1.82, 2.24) is 5.32 Å². The fourth-order valence-corrected chi connectivity index (χ4v) is 1.84. The highest BCUT2D eigenvalue weighted by Gasteiger charge is 2.25. The van der Waals surface area contributed by atoms with Crippen LogP contribution in [0, 0.1) is 0 Å². The molecule has 5 heteroatoms. The van der Waals surface area contributed by atoms with E-state index >= 15 is 0 Å². The molecule has 0 amide bonds. The van der Waals surface area contributed by atoms with Gasteiger partial charge in [0, 0.05) is 17.5 Å². The Balaban J connectivity index is 2.36. The molecule has 0 spiro atoms. The highest BCUT2D eigenvalue weighted by Crippen LogP contribution is 2.23. The summed E-state index contributed by atoms with van der Waals surface area (Å²) in [4.78, 5) is 0. The van der Waals surface area contributed by atoms with Crippen molar-refractivity contribution in [1.29, 1.82) is 0 Å². The normalized spacial score (nSPS) is 13.7. The molecule has 0 aliphatic rings. The van der Waals surface area contributed by atoms with Gasteiger partial charge in [0.15, 0.2) is 0 Å². The molecule has 0 aliphatic carbocycles. The first-order chi connectivity index (χ1) is 7.90. The molecule has 0 saturated heterocycles. The summed E-state index contributed by atoms with van der Waals surface area (Å²) in [5.41, 5.74) is 0.904. The summed E-state index contributed by atoms with van der Waals surface area (Å²) in [6.45, 7) is 2.21. The maximum atomic E-state index is 11.9. The zero-order valence-corrected chi connectivity index (χ0v) is 10.3. The Bertz CT molecular complexity index is 352. The molecule has 96 valence electrons. The van der Waals surface area contributed by atoms with Gasteiger partial charge in [-0.1, -0.05) is 29.8 Å². The fraction of sp³-hybridized carbons (Fsp3) is 0.500. The van der Waals surface area contributed by atoms with Gasteiger partial charge in [-0.05, 0) is 31.5 Å². The first kappa shape index (κ1) is 14.3. The van der Waals surface area contributed by atoms with Crippen molar-refractivity contribution in [2.75, 3.05) is 6.54 Å². The molecule has 0 radical (unpaired) electrons. The van der Waals surface area contributed by atoms with Crippen LogP contribution in [0.15, 0.2) is 24.3 Å². The molecular formula is C12H15ClF3N. The van der Waals surface area contributed by atoms with Gasteiger partial charge in [-0.15, -0.1) is 0 Å². The highest BCUT2D eigenvalue weighted by atomic mass is 35.5. The molecule has 1 aromatic rings. The molecule has 0 aliphatic heterocycles. The van der Waals surface area contributed by atoms with Gasteiger partial charge in [0.05, 0.1) is 0 Å². The molecule has 0 aromatic heterocycles. The van der Waals surface area contributed by atoms with Gasteiger partial charge in [0.1, 0.15) is 0 Å². The van der Waals surface area contributed by atoms with Crippen LogP contribution >= 0.6 is 11.6 Å². The second-order valence-electron chi connectivity index (χ2n) is 3.92. The summed E-state index contributed by atoms with van der Waals surface area (Å²) in [6, 6.07) is 7.27. The van der Waals surface area contributed by atoms with Gasteiger partial charge < -0.3 is 5.32 Å². The summed E-state index contributed by atoms with van der Waals surface area (Å²) in [7, 11) is 0. The van der Waals surface area contributed by atoms with Gasteiger partial charge in [0.2, 0.25) is 0 Å². The van der Waals surface area contributed by atoms with E-state index < -0.39 is 12.6 Å². The highest BCUT2D eigenvalue weighted by molar-refractivity contribution is 6.31. The van der Waals surface area contributed by atoms with Crippen LogP contribution in [0.1, 0.15) is 31.4 Å². The smallest absolute Gasteiger partial charge is 0.310 e. The Labute approximate surface area is 104 Å². The van der Waals surface area contributed by atoms with E-state index in [2.05, 4.69) is 5.32 Å². The summed E-state index contributed by atoms with van der Waals surface area (Å²) in [6.07, 6.45) is -4.75. The monoisotopic (exact) mass is 265 g/mol. The minimum Gasteiger partial charge on any atom is -0.310 e. The molecule has 0 bridgehead atoms. The molecule has 1 atom stereocenters. The molecular weight excluding hydrogens is 251 g/mol. The van der Waals surface area contributed by atoms with Crippen LogP contribution in [0.2, 0.25) is 5.02 Å². The Morgan fingerprint density at radius 2 is 1.94 bits per heavy atom. The second-order valence-corrected chi connectivity index (χ2v) is 4.32. The minimum atomic E-state index is -4.07. The molecule has 1 aromatic carbocycles. The molecule has 0 fully saturated rings. The van der Waals surface area contributed by atoms with Crippen LogP contribution < -0.4 is 5.32 Å². The van der Waals surface area contributed by atoms with E-state index in [0.717, 1.165) is 5.56 Å². The van der Waals surface area contributed by atoms with Crippen LogP contribution in [0.3, 0.4) is 0 Å². The zero-order valence-electron chi connectivity index (χ0n) is 9.52. The lowest BCUT2D eigenvalue weighted by Gasteiger charge is -2.15. The van der Waals surface area contributed by atoms with E-state index in [0.29, 0.717) is 11.6 Å². The number of alkyl halides is 3. The SMILES string of the molecule is CC(NCCCC(F)(F)F)c1ccccc1Cl. The van der Waals surface area contributed by atoms with E-state index in [1.165, 1.54) is 0 Å². The van der Waals surface area contributed by atoms with Crippen molar-refractivity contribution < 1.29 is 13.2 Å². The fourth-order valence-electron chi connectivity index (χ4n) is 1.54. The van der Waals surface area contributed by atoms with E-state index in [9.17, 15) is 13.2 Å². The number of nitrogens with one attached hydrogen (secondary N) is 1. The first-order valence-corrected chi connectivity index (χ1v) is 5.82. The molecule has 1 rings (SSSR count). The lowest BCUT2D eigenvalue weighted by molar-refractivity contribution is -0.135. The first-order valence-electron chi connectivity index (χ1n) is 5.45. The molecule has 17 heavy (non-hydrogen) atoms. The largest absolute Gasteiger partial charge is 0.389 e. The third-order valence-electron chi connectivity index (χ3n) is 2.46. The third-order valence-corrected chi connectivity index (χ3v) is 2.80. The summed E-state index contributed by atoms with van der Waals surface area (Å²) in [5.74, 6) is 0. The summed E-state index contributed by atoms with van der Waals surface area (Å²) < 4.78 is 35.8. The average Bonchev–Trinajstić information content (AvgIpc) is 2.23. The number of rotatable bonds is 5. The van der Waals surface area contributed by atoms with Gasteiger partial charge in [-0.2, -0.15) is 13.2 Å². The van der Waals surface area contributed by atoms with Crippen LogP contribution in [0.4, 0.5) is 13.2 Å². The lowest BCUT2D eigenvalue weighted by atomic mass is 10.1. The molecule has 1 N–H and O–H groups in total. The van der Waals surface area contributed by atoms with Gasteiger partial charge in [0.25, 0.3) is 0 Å². The van der Waals surface area contributed by atoms with Crippen molar-refractivity contribution in [2.24, 2.45) is 0 Å². The van der Waals surface area contributed by atoms with Crippen molar-refractivity contribution in [3.05, 3.63) is 34.9 Å². The van der Waals surface area contributed by atoms with Crippen LogP contribution in [0.5, 0.6) is 0 Å².